The van der Waals surface area contributed by atoms with E-state index in [1.165, 1.54) is 11.8 Å². The first-order valence-corrected chi connectivity index (χ1v) is 7.80. The van der Waals surface area contributed by atoms with Gasteiger partial charge in [0.05, 0.1) is 17.1 Å². The molecule has 0 aliphatic heterocycles. The number of carbonyl (C=O) groups is 1. The number of carboxylic acids is 1. The highest BCUT2D eigenvalue weighted by molar-refractivity contribution is 7.99. The zero-order valence-corrected chi connectivity index (χ0v) is 12.5. The van der Waals surface area contributed by atoms with Crippen LogP contribution in [0.5, 0.6) is 0 Å². The number of aryl methyl sites for hydroxylation is 2. The predicted octanol–water partition coefficient (Wildman–Crippen LogP) is 2.31. The Morgan fingerprint density at radius 3 is 3.00 bits per heavy atom. The molecule has 0 saturated heterocycles. The molecule has 3 heterocycles. The van der Waals surface area contributed by atoms with Crippen molar-refractivity contribution in [3.8, 4) is 5.69 Å². The summed E-state index contributed by atoms with van der Waals surface area (Å²) in [7, 11) is 1.87. The van der Waals surface area contributed by atoms with Gasteiger partial charge in [0, 0.05) is 12.4 Å². The molecule has 0 aliphatic carbocycles. The topological polar surface area (TPSA) is 72.9 Å². The lowest BCUT2D eigenvalue weighted by Gasteiger charge is -2.06. The first-order valence-electron chi connectivity index (χ1n) is 5.87. The van der Waals surface area contributed by atoms with Gasteiger partial charge in [0.1, 0.15) is 5.52 Å². The van der Waals surface area contributed by atoms with Crippen molar-refractivity contribution < 1.29 is 9.90 Å². The van der Waals surface area contributed by atoms with Crippen LogP contribution in [0.25, 0.3) is 16.9 Å². The number of nitrogens with zero attached hydrogens (tertiary/aromatic N) is 4. The van der Waals surface area contributed by atoms with Gasteiger partial charge >= 0.3 is 5.97 Å². The Labute approximate surface area is 123 Å². The molecule has 0 radical (unpaired) electrons. The molecule has 6 nitrogen and oxygen atoms in total. The van der Waals surface area contributed by atoms with Gasteiger partial charge < -0.3 is 5.11 Å². The average molecular weight is 308 g/mol. The van der Waals surface area contributed by atoms with Gasteiger partial charge in [-0.15, -0.1) is 0 Å². The van der Waals surface area contributed by atoms with Crippen molar-refractivity contribution in [1.82, 2.24) is 19.3 Å². The van der Waals surface area contributed by atoms with Gasteiger partial charge in [-0.3, -0.25) is 9.36 Å². The van der Waals surface area contributed by atoms with Crippen LogP contribution in [0.4, 0.5) is 0 Å². The first-order chi connectivity index (χ1) is 9.58. The molecule has 0 bridgehead atoms. The molecule has 0 spiro atoms. The van der Waals surface area contributed by atoms with Crippen LogP contribution in [0.1, 0.15) is 5.69 Å². The number of imidazole rings is 1. The molecule has 0 aliphatic rings. The molecular formula is C12H12N4O2S2. The van der Waals surface area contributed by atoms with Crippen molar-refractivity contribution >= 4 is 40.2 Å². The highest BCUT2D eigenvalue weighted by atomic mass is 32.2. The number of fused-ring (bicyclic) bond motifs is 1. The number of thioether (sulfide) groups is 1. The fourth-order valence-electron chi connectivity index (χ4n) is 2.09. The maximum atomic E-state index is 10.8. The number of aliphatic carboxylic acids is 1. The quantitative estimate of drug-likeness (QED) is 0.749. The third-order valence-corrected chi connectivity index (χ3v) is 4.45. The van der Waals surface area contributed by atoms with Crippen molar-refractivity contribution in [1.29, 1.82) is 0 Å². The summed E-state index contributed by atoms with van der Waals surface area (Å²) in [6, 6.07) is 1.99. The summed E-state index contributed by atoms with van der Waals surface area (Å²) in [5.74, 6) is -0.867. The highest BCUT2D eigenvalue weighted by Gasteiger charge is 2.19. The summed E-state index contributed by atoms with van der Waals surface area (Å²) >= 11 is 2.81. The lowest BCUT2D eigenvalue weighted by molar-refractivity contribution is -0.133. The van der Waals surface area contributed by atoms with Crippen LogP contribution in [0.3, 0.4) is 0 Å². The largest absolute Gasteiger partial charge is 0.481 e. The van der Waals surface area contributed by atoms with Crippen molar-refractivity contribution in [3.05, 3.63) is 22.5 Å². The Morgan fingerprint density at radius 1 is 1.55 bits per heavy atom. The monoisotopic (exact) mass is 308 g/mol. The van der Waals surface area contributed by atoms with Crippen molar-refractivity contribution in [2.45, 2.75) is 12.1 Å². The zero-order chi connectivity index (χ0) is 14.3. The molecule has 0 saturated carbocycles. The van der Waals surface area contributed by atoms with E-state index in [0.717, 1.165) is 22.5 Å². The van der Waals surface area contributed by atoms with E-state index < -0.39 is 5.97 Å². The predicted molar refractivity (Wildman–Crippen MR) is 78.8 cm³/mol. The minimum Gasteiger partial charge on any atom is -0.481 e. The Bertz CT molecular complexity index is 773. The molecule has 0 unspecified atom stereocenters. The number of carboxylic acid groups (broad SMARTS) is 1. The van der Waals surface area contributed by atoms with E-state index in [1.807, 2.05) is 35.4 Å². The fraction of sp³-hybridized carbons (Fsp3) is 0.250. The van der Waals surface area contributed by atoms with Crippen LogP contribution < -0.4 is 0 Å². The third kappa shape index (κ3) is 2.10. The molecule has 0 amide bonds. The van der Waals surface area contributed by atoms with Gasteiger partial charge in [-0.2, -0.15) is 16.4 Å². The number of hydrogen-bond donors (Lipinski definition) is 1. The molecule has 3 aromatic rings. The molecule has 20 heavy (non-hydrogen) atoms. The summed E-state index contributed by atoms with van der Waals surface area (Å²) in [6.07, 6.45) is 0. The zero-order valence-electron chi connectivity index (χ0n) is 10.9. The second-order valence-electron chi connectivity index (χ2n) is 4.27. The second kappa shape index (κ2) is 4.95. The van der Waals surface area contributed by atoms with E-state index in [1.54, 1.807) is 16.0 Å². The SMILES string of the molecule is Cc1nn(C)c2c1nc(SCC(=O)O)n2-c1ccsc1. The van der Waals surface area contributed by atoms with Crippen molar-refractivity contribution in [3.63, 3.8) is 0 Å². The Morgan fingerprint density at radius 2 is 2.35 bits per heavy atom. The normalized spacial score (nSPS) is 11.3. The smallest absolute Gasteiger partial charge is 0.313 e. The Balaban J connectivity index is 2.20. The molecule has 0 aromatic carbocycles. The summed E-state index contributed by atoms with van der Waals surface area (Å²) < 4.78 is 3.74. The van der Waals surface area contributed by atoms with Crippen LogP contribution in [-0.2, 0) is 11.8 Å². The Hall–Kier alpha value is -1.80. The molecule has 0 fully saturated rings. The van der Waals surface area contributed by atoms with E-state index in [2.05, 4.69) is 10.1 Å². The third-order valence-electron chi connectivity index (χ3n) is 2.86. The fourth-order valence-corrected chi connectivity index (χ4v) is 3.44. The molecule has 3 rings (SSSR count). The summed E-state index contributed by atoms with van der Waals surface area (Å²) in [4.78, 5) is 15.3. The molecule has 8 heteroatoms. The van der Waals surface area contributed by atoms with Gasteiger partial charge in [-0.05, 0) is 18.4 Å². The number of hydrogen-bond acceptors (Lipinski definition) is 5. The number of rotatable bonds is 4. The average Bonchev–Trinajstić information content (AvgIpc) is 3.06. The minimum atomic E-state index is -0.853. The Kier molecular flexibility index (Phi) is 3.27. The second-order valence-corrected chi connectivity index (χ2v) is 6.00. The highest BCUT2D eigenvalue weighted by Crippen LogP contribution is 2.29. The van der Waals surface area contributed by atoms with E-state index in [-0.39, 0.29) is 5.75 Å². The van der Waals surface area contributed by atoms with E-state index in [4.69, 9.17) is 5.11 Å². The van der Waals surface area contributed by atoms with Crippen LogP contribution >= 0.6 is 23.1 Å². The number of thiophene rings is 1. The maximum absolute atomic E-state index is 10.8. The van der Waals surface area contributed by atoms with Gasteiger partial charge in [0.25, 0.3) is 0 Å². The van der Waals surface area contributed by atoms with Crippen LogP contribution in [-0.4, -0.2) is 36.2 Å². The standard InChI is InChI=1S/C12H12N4O2S2/c1-7-10-11(15(2)14-7)16(8-3-4-19-5-8)12(13-10)20-6-9(17)18/h3-5H,6H2,1-2H3,(H,17,18). The van der Waals surface area contributed by atoms with E-state index in [0.29, 0.717) is 5.16 Å². The first kappa shape index (κ1) is 13.2. The minimum absolute atomic E-state index is 0.0140. The number of aromatic nitrogens is 4. The van der Waals surface area contributed by atoms with Crippen LogP contribution in [0.15, 0.2) is 22.0 Å². The van der Waals surface area contributed by atoms with Crippen molar-refractivity contribution in [2.24, 2.45) is 7.05 Å². The molecule has 3 aromatic heterocycles. The van der Waals surface area contributed by atoms with Crippen LogP contribution in [0.2, 0.25) is 0 Å². The van der Waals surface area contributed by atoms with Gasteiger partial charge in [-0.1, -0.05) is 11.8 Å². The summed E-state index contributed by atoms with van der Waals surface area (Å²) in [5, 5.41) is 17.9. The van der Waals surface area contributed by atoms with E-state index in [9.17, 15) is 4.79 Å². The summed E-state index contributed by atoms with van der Waals surface area (Å²) in [5.41, 5.74) is 3.52. The van der Waals surface area contributed by atoms with Crippen LogP contribution in [0, 0.1) is 6.92 Å². The lowest BCUT2D eigenvalue weighted by atomic mass is 10.4. The summed E-state index contributed by atoms with van der Waals surface area (Å²) in [6.45, 7) is 1.90. The van der Waals surface area contributed by atoms with Crippen molar-refractivity contribution in [2.75, 3.05) is 5.75 Å². The molecule has 104 valence electrons. The van der Waals surface area contributed by atoms with Gasteiger partial charge in [-0.25, -0.2) is 9.67 Å². The maximum Gasteiger partial charge on any atom is 0.313 e. The van der Waals surface area contributed by atoms with Gasteiger partial charge in [0.15, 0.2) is 10.8 Å². The lowest BCUT2D eigenvalue weighted by Crippen LogP contribution is -2.04. The molecular weight excluding hydrogens is 296 g/mol. The van der Waals surface area contributed by atoms with E-state index >= 15 is 0 Å². The molecule has 0 atom stereocenters. The molecule has 1 N–H and O–H groups in total. The van der Waals surface area contributed by atoms with Gasteiger partial charge in [0.2, 0.25) is 0 Å².